The number of halogens is 1. The molecule has 0 radical (unpaired) electrons. The molecule has 1 aliphatic heterocycles. The molecule has 1 aliphatic rings. The topological polar surface area (TPSA) is 20.3 Å². The van der Waals surface area contributed by atoms with Gasteiger partial charge >= 0.3 is 0 Å². The number of fused-ring (bicyclic) bond motifs is 1. The van der Waals surface area contributed by atoms with Gasteiger partial charge in [-0.15, -0.1) is 0 Å². The summed E-state index contributed by atoms with van der Waals surface area (Å²) in [6.07, 6.45) is 0.795. The van der Waals surface area contributed by atoms with Gasteiger partial charge in [0.05, 0.1) is 11.1 Å². The van der Waals surface area contributed by atoms with E-state index in [1.54, 1.807) is 0 Å². The van der Waals surface area contributed by atoms with Crippen molar-refractivity contribution < 1.29 is 4.79 Å². The maximum absolute atomic E-state index is 12.9. The van der Waals surface area contributed by atoms with E-state index in [2.05, 4.69) is 28.9 Å². The first kappa shape index (κ1) is 13.4. The largest absolute Gasteiger partial charge is 0.280 e. The first-order chi connectivity index (χ1) is 9.58. The van der Waals surface area contributed by atoms with Gasteiger partial charge < -0.3 is 0 Å². The van der Waals surface area contributed by atoms with Gasteiger partial charge in [0.2, 0.25) is 5.91 Å². The lowest BCUT2D eigenvalue weighted by atomic mass is 9.81. The van der Waals surface area contributed by atoms with Crippen LogP contribution in [0, 0.1) is 0 Å². The summed E-state index contributed by atoms with van der Waals surface area (Å²) in [7, 11) is 0. The predicted octanol–water partition coefficient (Wildman–Crippen LogP) is 4.80. The van der Waals surface area contributed by atoms with E-state index in [1.807, 2.05) is 54.3 Å². The van der Waals surface area contributed by atoms with Crippen LogP contribution >= 0.6 is 15.9 Å². The molecule has 102 valence electrons. The van der Waals surface area contributed by atoms with Crippen molar-refractivity contribution in [3.05, 3.63) is 58.6 Å². The summed E-state index contributed by atoms with van der Waals surface area (Å²) in [6.45, 7) is 4.10. The molecule has 0 saturated carbocycles. The molecule has 0 aliphatic carbocycles. The van der Waals surface area contributed by atoms with Crippen LogP contribution in [0.1, 0.15) is 25.8 Å². The first-order valence-electron chi connectivity index (χ1n) is 6.77. The highest BCUT2D eigenvalue weighted by Crippen LogP contribution is 2.47. The summed E-state index contributed by atoms with van der Waals surface area (Å²) in [6, 6.07) is 15.9. The van der Waals surface area contributed by atoms with Crippen molar-refractivity contribution in [2.45, 2.75) is 25.7 Å². The number of carbonyl (C=O) groups excluding carboxylic acids is 1. The van der Waals surface area contributed by atoms with Crippen molar-refractivity contribution in [1.82, 2.24) is 0 Å². The number of anilines is 2. The molecule has 3 rings (SSSR count). The van der Waals surface area contributed by atoms with Gasteiger partial charge in [0.1, 0.15) is 0 Å². The van der Waals surface area contributed by atoms with Crippen molar-refractivity contribution in [3.63, 3.8) is 0 Å². The summed E-state index contributed by atoms with van der Waals surface area (Å²) < 4.78 is 0.991. The molecular weight excluding hydrogens is 314 g/mol. The molecule has 1 unspecified atom stereocenters. The Balaban J connectivity index is 2.24. The van der Waals surface area contributed by atoms with Crippen LogP contribution in [0.3, 0.4) is 0 Å². The molecule has 2 aromatic carbocycles. The summed E-state index contributed by atoms with van der Waals surface area (Å²) >= 11 is 3.51. The Kier molecular flexibility index (Phi) is 3.17. The number of nitrogens with zero attached hydrogens (tertiary/aromatic N) is 1. The fourth-order valence-electron chi connectivity index (χ4n) is 2.80. The number of hydrogen-bond acceptors (Lipinski definition) is 1. The zero-order chi connectivity index (χ0) is 14.3. The van der Waals surface area contributed by atoms with Gasteiger partial charge in [-0.25, -0.2) is 0 Å². The molecule has 0 saturated heterocycles. The quantitative estimate of drug-likeness (QED) is 0.775. The fraction of sp³-hybridized carbons (Fsp3) is 0.235. The minimum absolute atomic E-state index is 0.152. The van der Waals surface area contributed by atoms with E-state index in [1.165, 1.54) is 0 Å². The molecule has 0 fully saturated rings. The minimum Gasteiger partial charge on any atom is -0.280 e. The second-order valence-electron chi connectivity index (χ2n) is 5.32. The number of hydrogen-bond donors (Lipinski definition) is 0. The molecule has 3 heteroatoms. The third-order valence-electron chi connectivity index (χ3n) is 4.19. The third-order valence-corrected chi connectivity index (χ3v) is 4.69. The molecular formula is C17H16BrNO. The monoisotopic (exact) mass is 329 g/mol. The molecule has 0 spiro atoms. The lowest BCUT2D eigenvalue weighted by Gasteiger charge is -2.22. The van der Waals surface area contributed by atoms with Gasteiger partial charge in [0.25, 0.3) is 0 Å². The summed E-state index contributed by atoms with van der Waals surface area (Å²) in [4.78, 5) is 14.8. The van der Waals surface area contributed by atoms with Gasteiger partial charge in [0, 0.05) is 10.2 Å². The Labute approximate surface area is 127 Å². The second kappa shape index (κ2) is 4.74. The van der Waals surface area contributed by atoms with Crippen molar-refractivity contribution in [1.29, 1.82) is 0 Å². The molecule has 0 aromatic heterocycles. The normalized spacial score (nSPS) is 21.1. The zero-order valence-electron chi connectivity index (χ0n) is 11.6. The van der Waals surface area contributed by atoms with Crippen molar-refractivity contribution >= 4 is 33.2 Å². The Morgan fingerprint density at radius 1 is 1.15 bits per heavy atom. The van der Waals surface area contributed by atoms with Crippen LogP contribution in [0.5, 0.6) is 0 Å². The highest BCUT2D eigenvalue weighted by molar-refractivity contribution is 9.10. The summed E-state index contributed by atoms with van der Waals surface area (Å²) in [5.41, 5.74) is 2.58. The number of para-hydroxylation sites is 1. The van der Waals surface area contributed by atoms with Gasteiger partial charge in [-0.2, -0.15) is 0 Å². The van der Waals surface area contributed by atoms with E-state index in [0.29, 0.717) is 0 Å². The van der Waals surface area contributed by atoms with Gasteiger partial charge in [0.15, 0.2) is 0 Å². The molecule has 1 heterocycles. The van der Waals surface area contributed by atoms with E-state index in [0.717, 1.165) is 27.8 Å². The maximum Gasteiger partial charge on any atom is 0.241 e. The molecule has 2 nitrogen and oxygen atoms in total. The van der Waals surface area contributed by atoms with Crippen molar-refractivity contribution in [2.24, 2.45) is 0 Å². The zero-order valence-corrected chi connectivity index (χ0v) is 13.1. The molecule has 1 amide bonds. The van der Waals surface area contributed by atoms with Gasteiger partial charge in [-0.1, -0.05) is 47.1 Å². The highest BCUT2D eigenvalue weighted by atomic mass is 79.9. The molecule has 1 atom stereocenters. The van der Waals surface area contributed by atoms with Crippen LogP contribution in [0.25, 0.3) is 0 Å². The van der Waals surface area contributed by atoms with Crippen LogP contribution in [0.2, 0.25) is 0 Å². The van der Waals surface area contributed by atoms with E-state index in [4.69, 9.17) is 0 Å². The van der Waals surface area contributed by atoms with E-state index in [9.17, 15) is 4.79 Å². The molecule has 0 N–H and O–H groups in total. The maximum atomic E-state index is 12.9. The van der Waals surface area contributed by atoms with Crippen molar-refractivity contribution in [2.75, 3.05) is 4.90 Å². The van der Waals surface area contributed by atoms with Crippen molar-refractivity contribution in [3.8, 4) is 0 Å². The van der Waals surface area contributed by atoms with Crippen LogP contribution in [-0.2, 0) is 10.2 Å². The van der Waals surface area contributed by atoms with E-state index >= 15 is 0 Å². The predicted molar refractivity (Wildman–Crippen MR) is 85.4 cm³/mol. The van der Waals surface area contributed by atoms with Crippen LogP contribution in [0.4, 0.5) is 11.4 Å². The summed E-state index contributed by atoms with van der Waals surface area (Å²) in [5.74, 6) is 0.152. The summed E-state index contributed by atoms with van der Waals surface area (Å²) in [5, 5.41) is 0. The molecule has 2 aromatic rings. The SMILES string of the molecule is CCC1(C)C(=O)N(c2ccccc2)c2cc(Br)ccc21. The smallest absolute Gasteiger partial charge is 0.241 e. The standard InChI is InChI=1S/C17H16BrNO/c1-3-17(2)14-10-9-12(18)11-15(14)19(16(17)20)13-7-5-4-6-8-13/h4-11H,3H2,1-2H3. The van der Waals surface area contributed by atoms with Crippen LogP contribution in [0.15, 0.2) is 53.0 Å². The Morgan fingerprint density at radius 3 is 2.50 bits per heavy atom. The number of rotatable bonds is 2. The number of amides is 1. The van der Waals surface area contributed by atoms with Gasteiger partial charge in [-0.3, -0.25) is 9.69 Å². The Hall–Kier alpha value is -1.61. The average Bonchev–Trinajstić information content (AvgIpc) is 2.68. The molecule has 0 bridgehead atoms. The average molecular weight is 330 g/mol. The van der Waals surface area contributed by atoms with Crippen LogP contribution < -0.4 is 4.90 Å². The lowest BCUT2D eigenvalue weighted by Crippen LogP contribution is -2.35. The number of carbonyl (C=O) groups is 1. The first-order valence-corrected chi connectivity index (χ1v) is 7.57. The second-order valence-corrected chi connectivity index (χ2v) is 6.24. The van der Waals surface area contributed by atoms with E-state index < -0.39 is 5.41 Å². The minimum atomic E-state index is -0.439. The lowest BCUT2D eigenvalue weighted by molar-refractivity contribution is -0.122. The third kappa shape index (κ3) is 1.80. The Morgan fingerprint density at radius 2 is 1.85 bits per heavy atom. The van der Waals surface area contributed by atoms with E-state index in [-0.39, 0.29) is 5.91 Å². The fourth-order valence-corrected chi connectivity index (χ4v) is 3.15. The van der Waals surface area contributed by atoms with Gasteiger partial charge in [-0.05, 0) is 43.2 Å². The Bertz CT molecular complexity index is 668. The molecule has 20 heavy (non-hydrogen) atoms. The highest BCUT2D eigenvalue weighted by Gasteiger charge is 2.46. The number of benzene rings is 2. The van der Waals surface area contributed by atoms with Crippen LogP contribution in [-0.4, -0.2) is 5.91 Å².